The second-order valence-corrected chi connectivity index (χ2v) is 2.73. The first kappa shape index (κ1) is 10.1. The van der Waals surface area contributed by atoms with Gasteiger partial charge in [-0.15, -0.1) is 0 Å². The van der Waals surface area contributed by atoms with Crippen LogP contribution >= 0.6 is 0 Å². The van der Waals surface area contributed by atoms with Gasteiger partial charge in [0, 0.05) is 0 Å². The van der Waals surface area contributed by atoms with E-state index in [4.69, 9.17) is 0 Å². The zero-order valence-corrected chi connectivity index (χ0v) is 7.77. The van der Waals surface area contributed by atoms with Gasteiger partial charge in [0.2, 0.25) is 0 Å². The van der Waals surface area contributed by atoms with Crippen LogP contribution in [0.1, 0.15) is 0 Å². The minimum absolute atomic E-state index is 0. The van der Waals surface area contributed by atoms with Crippen molar-refractivity contribution in [2.45, 2.75) is 0 Å². The molecule has 13 heavy (non-hydrogen) atoms. The first-order valence-electron chi connectivity index (χ1n) is 4.07. The summed E-state index contributed by atoms with van der Waals surface area (Å²) < 4.78 is 0. The Labute approximate surface area is 90.8 Å². The van der Waals surface area contributed by atoms with E-state index in [0.717, 1.165) is 0 Å². The molecule has 0 unspecified atom stereocenters. The molecule has 0 heterocycles. The first-order valence-corrected chi connectivity index (χ1v) is 4.07. The van der Waals surface area contributed by atoms with Gasteiger partial charge in [-0.2, -0.15) is 0 Å². The van der Waals surface area contributed by atoms with Crippen molar-refractivity contribution in [3.8, 4) is 11.1 Å². The molecule has 0 N–H and O–H groups in total. The van der Waals surface area contributed by atoms with Crippen molar-refractivity contribution in [3.05, 3.63) is 60.7 Å². The maximum atomic E-state index is 2.12. The average molecular weight is 161 g/mol. The predicted octanol–water partition coefficient (Wildman–Crippen LogP) is 0.358. The Morgan fingerprint density at radius 3 is 1.08 bits per heavy atom. The topological polar surface area (TPSA) is 0 Å². The summed E-state index contributed by atoms with van der Waals surface area (Å²) in [5.74, 6) is 0. The zero-order valence-electron chi connectivity index (χ0n) is 7.77. The third kappa shape index (κ3) is 2.49. The molecule has 2 aromatic rings. The minimum atomic E-state index is 0. The smallest absolute Gasteiger partial charge is 0.0622 e. The molecule has 0 aliphatic carbocycles. The summed E-state index contributed by atoms with van der Waals surface area (Å²) in [6.07, 6.45) is 0. The predicted molar refractivity (Wildman–Crippen MR) is 51.9 cm³/mol. The van der Waals surface area contributed by atoms with Gasteiger partial charge in [-0.05, 0) is 11.1 Å². The Bertz CT molecular complexity index is 303. The van der Waals surface area contributed by atoms with E-state index in [2.05, 4.69) is 48.5 Å². The third-order valence-electron chi connectivity index (χ3n) is 1.88. The fraction of sp³-hybridized carbons (Fsp3) is 0. The molecule has 2 rings (SSSR count). The Balaban J connectivity index is 0.000000845. The maximum Gasteiger partial charge on any atom is 1.00 e. The molecular weight excluding hydrogens is 151 g/mol. The van der Waals surface area contributed by atoms with Crippen LogP contribution in [0.4, 0.5) is 0 Å². The van der Waals surface area contributed by atoms with Crippen molar-refractivity contribution >= 4 is 0 Å². The van der Waals surface area contributed by atoms with Crippen LogP contribution in [0.25, 0.3) is 11.1 Å². The van der Waals surface area contributed by atoms with Crippen molar-refractivity contribution in [3.63, 3.8) is 0 Å². The Hall–Kier alpha value is -0.963. The van der Waals surface area contributed by atoms with Crippen LogP contribution in [0.3, 0.4) is 0 Å². The molecule has 2 aromatic carbocycles. The molecule has 0 aliphatic rings. The van der Waals surface area contributed by atoms with Crippen LogP contribution in [0.15, 0.2) is 60.7 Å². The third-order valence-corrected chi connectivity index (χ3v) is 1.88. The number of rotatable bonds is 1. The maximum absolute atomic E-state index is 2.12. The van der Waals surface area contributed by atoms with Crippen LogP contribution in [0, 0.1) is 0 Å². The summed E-state index contributed by atoms with van der Waals surface area (Å²) in [5, 5.41) is 0. The second-order valence-electron chi connectivity index (χ2n) is 2.73. The zero-order chi connectivity index (χ0) is 8.23. The first-order chi connectivity index (χ1) is 5.97. The van der Waals surface area contributed by atoms with Gasteiger partial charge in [0.25, 0.3) is 0 Å². The molecule has 0 radical (unpaired) electrons. The van der Waals surface area contributed by atoms with Crippen LogP contribution in [0.2, 0.25) is 0 Å². The van der Waals surface area contributed by atoms with Crippen molar-refractivity contribution in [2.24, 2.45) is 0 Å². The molecule has 58 valence electrons. The number of benzene rings is 2. The number of hydrogen-bond donors (Lipinski definition) is 0. The van der Waals surface area contributed by atoms with E-state index in [-0.39, 0.29) is 18.9 Å². The normalized spacial score (nSPS) is 8.92. The summed E-state index contributed by atoms with van der Waals surface area (Å²) in [6.45, 7) is 0. The molecule has 0 saturated heterocycles. The van der Waals surface area contributed by atoms with Crippen molar-refractivity contribution < 1.29 is 18.9 Å². The summed E-state index contributed by atoms with van der Waals surface area (Å²) in [5.41, 5.74) is 2.55. The van der Waals surface area contributed by atoms with Gasteiger partial charge < -0.3 is 0 Å². The van der Waals surface area contributed by atoms with Gasteiger partial charge in [0.15, 0.2) is 0 Å². The van der Waals surface area contributed by atoms with Crippen molar-refractivity contribution in [1.29, 1.82) is 0 Å². The largest absolute Gasteiger partial charge is 1.00 e. The summed E-state index contributed by atoms with van der Waals surface area (Å²) in [6, 6.07) is 20.8. The van der Waals surface area contributed by atoms with Crippen LogP contribution in [-0.2, 0) is 0 Å². The molecule has 0 fully saturated rings. The van der Waals surface area contributed by atoms with E-state index < -0.39 is 0 Å². The quantitative estimate of drug-likeness (QED) is 0.530. The average Bonchev–Trinajstić information content (AvgIpc) is 2.21. The van der Waals surface area contributed by atoms with Gasteiger partial charge in [0.1, 0.15) is 0 Å². The van der Waals surface area contributed by atoms with E-state index in [1.165, 1.54) is 11.1 Å². The van der Waals surface area contributed by atoms with Crippen molar-refractivity contribution in [2.75, 3.05) is 0 Å². The molecule has 0 nitrogen and oxygen atoms in total. The second kappa shape index (κ2) is 4.92. The van der Waals surface area contributed by atoms with Crippen LogP contribution < -0.4 is 18.9 Å². The van der Waals surface area contributed by atoms with Crippen LogP contribution in [-0.4, -0.2) is 0 Å². The SMILES string of the molecule is [Li+].c1ccc(-c2ccccc2)cc1. The van der Waals surface area contributed by atoms with E-state index >= 15 is 0 Å². The van der Waals surface area contributed by atoms with E-state index in [1.54, 1.807) is 0 Å². The van der Waals surface area contributed by atoms with Crippen LogP contribution in [0.5, 0.6) is 0 Å². The molecule has 0 atom stereocenters. The van der Waals surface area contributed by atoms with E-state index in [1.807, 2.05) is 12.1 Å². The molecular formula is C12H10Li+. The Morgan fingerprint density at radius 2 is 0.769 bits per heavy atom. The molecule has 0 amide bonds. The van der Waals surface area contributed by atoms with Gasteiger partial charge >= 0.3 is 18.9 Å². The minimum Gasteiger partial charge on any atom is -0.0622 e. The van der Waals surface area contributed by atoms with Gasteiger partial charge in [-0.3, -0.25) is 0 Å². The molecule has 0 bridgehead atoms. The molecule has 0 saturated carbocycles. The fourth-order valence-electron chi connectivity index (χ4n) is 1.26. The Kier molecular flexibility index (Phi) is 3.83. The fourth-order valence-corrected chi connectivity index (χ4v) is 1.26. The number of hydrogen-bond acceptors (Lipinski definition) is 0. The molecule has 0 aliphatic heterocycles. The summed E-state index contributed by atoms with van der Waals surface area (Å²) >= 11 is 0. The van der Waals surface area contributed by atoms with Gasteiger partial charge in [-0.1, -0.05) is 60.7 Å². The van der Waals surface area contributed by atoms with Gasteiger partial charge in [0.05, 0.1) is 0 Å². The molecule has 0 spiro atoms. The van der Waals surface area contributed by atoms with Crippen molar-refractivity contribution in [1.82, 2.24) is 0 Å². The molecule has 0 aromatic heterocycles. The van der Waals surface area contributed by atoms with E-state index in [9.17, 15) is 0 Å². The standard InChI is InChI=1S/C12H10.Li/c1-3-7-11(8-4-1)12-9-5-2-6-10-12;/h1-10H;/q;+1. The Morgan fingerprint density at radius 1 is 0.462 bits per heavy atom. The summed E-state index contributed by atoms with van der Waals surface area (Å²) in [4.78, 5) is 0. The molecule has 1 heteroatoms. The van der Waals surface area contributed by atoms with E-state index in [0.29, 0.717) is 0 Å². The monoisotopic (exact) mass is 161 g/mol. The summed E-state index contributed by atoms with van der Waals surface area (Å²) in [7, 11) is 0. The van der Waals surface area contributed by atoms with Gasteiger partial charge in [-0.25, -0.2) is 0 Å².